The fraction of sp³-hybridized carbons (Fsp3) is 0.444. The number of rotatable bonds is 3. The zero-order chi connectivity index (χ0) is 13.8. The number of methoxy groups -OCH3 is 1. The molecule has 0 aliphatic heterocycles. The summed E-state index contributed by atoms with van der Waals surface area (Å²) >= 11 is 0. The minimum Gasteiger partial charge on any atom is -0.378 e. The van der Waals surface area contributed by atoms with Gasteiger partial charge < -0.3 is 4.74 Å². The van der Waals surface area contributed by atoms with Crippen LogP contribution in [0, 0.1) is 11.8 Å². The Morgan fingerprint density at radius 3 is 2.58 bits per heavy atom. The van der Waals surface area contributed by atoms with Gasteiger partial charge in [0, 0.05) is 13.5 Å². The Kier molecular flexibility index (Phi) is 4.12. The topological polar surface area (TPSA) is 9.23 Å². The minimum absolute atomic E-state index is 0.0888. The molecule has 100 valence electrons. The molecule has 0 fully saturated rings. The van der Waals surface area contributed by atoms with E-state index in [9.17, 15) is 0 Å². The van der Waals surface area contributed by atoms with Gasteiger partial charge in [0.15, 0.2) is 0 Å². The van der Waals surface area contributed by atoms with Crippen molar-refractivity contribution in [3.8, 4) is 11.8 Å². The molecular formula is C18H22O. The Balaban J connectivity index is 2.49. The highest BCUT2D eigenvalue weighted by Gasteiger charge is 2.41. The molecule has 0 aromatic heterocycles. The van der Waals surface area contributed by atoms with Gasteiger partial charge in [-0.15, -0.1) is 5.92 Å². The largest absolute Gasteiger partial charge is 0.378 e. The van der Waals surface area contributed by atoms with E-state index in [1.54, 1.807) is 0 Å². The third-order valence-corrected chi connectivity index (χ3v) is 4.21. The third kappa shape index (κ3) is 2.60. The predicted octanol–water partition coefficient (Wildman–Crippen LogP) is 4.09. The summed E-state index contributed by atoms with van der Waals surface area (Å²) in [4.78, 5) is 0. The maximum absolute atomic E-state index is 5.83. The maximum Gasteiger partial charge on any atom is 0.0770 e. The molecule has 0 saturated heterocycles. The van der Waals surface area contributed by atoms with E-state index in [0.717, 1.165) is 19.3 Å². The Morgan fingerprint density at radius 2 is 2.00 bits per heavy atom. The van der Waals surface area contributed by atoms with E-state index in [-0.39, 0.29) is 11.0 Å². The van der Waals surface area contributed by atoms with Gasteiger partial charge in [-0.2, -0.15) is 0 Å². The summed E-state index contributed by atoms with van der Waals surface area (Å²) in [6.07, 6.45) is 7.39. The normalized spacial score (nSPS) is 29.6. The van der Waals surface area contributed by atoms with Crippen molar-refractivity contribution in [2.75, 3.05) is 7.11 Å². The second-order valence-electron chi connectivity index (χ2n) is 5.24. The highest BCUT2D eigenvalue weighted by molar-refractivity contribution is 5.43. The molecule has 0 radical (unpaired) electrons. The Morgan fingerprint density at radius 1 is 1.26 bits per heavy atom. The van der Waals surface area contributed by atoms with Crippen molar-refractivity contribution in [2.24, 2.45) is 0 Å². The highest BCUT2D eigenvalue weighted by Crippen LogP contribution is 2.42. The molecule has 1 aliphatic rings. The third-order valence-electron chi connectivity index (χ3n) is 4.21. The molecule has 1 nitrogen and oxygen atoms in total. The van der Waals surface area contributed by atoms with Gasteiger partial charge >= 0.3 is 0 Å². The summed E-state index contributed by atoms with van der Waals surface area (Å²) in [5.41, 5.74) is 0.963. The predicted molar refractivity (Wildman–Crippen MR) is 80.0 cm³/mol. The molecule has 2 atom stereocenters. The van der Waals surface area contributed by atoms with Crippen molar-refractivity contribution < 1.29 is 4.74 Å². The Bertz CT molecular complexity index is 499. The van der Waals surface area contributed by atoms with Crippen LogP contribution in [-0.2, 0) is 10.2 Å². The molecule has 0 amide bonds. The van der Waals surface area contributed by atoms with Gasteiger partial charge in [-0.05, 0) is 25.3 Å². The van der Waals surface area contributed by atoms with Gasteiger partial charge in [0.05, 0.1) is 11.0 Å². The monoisotopic (exact) mass is 254 g/mol. The molecule has 0 bridgehead atoms. The summed E-state index contributed by atoms with van der Waals surface area (Å²) in [5, 5.41) is 0. The average Bonchev–Trinajstić information content (AvgIpc) is 2.48. The van der Waals surface area contributed by atoms with E-state index in [1.165, 1.54) is 5.56 Å². The van der Waals surface area contributed by atoms with E-state index in [0.29, 0.717) is 0 Å². The van der Waals surface area contributed by atoms with E-state index in [4.69, 9.17) is 4.74 Å². The number of benzene rings is 1. The van der Waals surface area contributed by atoms with Crippen molar-refractivity contribution >= 4 is 0 Å². The lowest BCUT2D eigenvalue weighted by Gasteiger charge is -2.41. The summed E-state index contributed by atoms with van der Waals surface area (Å²) in [7, 11) is 1.82. The number of ether oxygens (including phenoxy) is 1. The van der Waals surface area contributed by atoms with E-state index < -0.39 is 0 Å². The van der Waals surface area contributed by atoms with E-state index >= 15 is 0 Å². The number of hydrogen-bond donors (Lipinski definition) is 0. The summed E-state index contributed by atoms with van der Waals surface area (Å²) in [5.74, 6) is 6.53. The van der Waals surface area contributed by atoms with Crippen LogP contribution in [0.4, 0.5) is 0 Å². The van der Waals surface area contributed by atoms with Crippen LogP contribution in [0.1, 0.15) is 38.7 Å². The average molecular weight is 254 g/mol. The lowest BCUT2D eigenvalue weighted by Crippen LogP contribution is -2.41. The van der Waals surface area contributed by atoms with Gasteiger partial charge in [0.25, 0.3) is 0 Å². The van der Waals surface area contributed by atoms with Crippen LogP contribution in [0.25, 0.3) is 0 Å². The van der Waals surface area contributed by atoms with Gasteiger partial charge in [0.2, 0.25) is 0 Å². The van der Waals surface area contributed by atoms with Crippen molar-refractivity contribution in [2.45, 2.75) is 44.1 Å². The molecule has 0 saturated carbocycles. The molecule has 19 heavy (non-hydrogen) atoms. The standard InChI is InChI=1S/C18H22O/c1-4-12-17(16-10-7-6-8-11-16)13-9-14-18(5-2,15-17)19-3/h6-11,13H,5,14-15H2,1-3H3. The molecule has 0 N–H and O–H groups in total. The smallest absolute Gasteiger partial charge is 0.0770 e. The lowest BCUT2D eigenvalue weighted by atomic mass is 9.67. The van der Waals surface area contributed by atoms with Gasteiger partial charge in [0.1, 0.15) is 0 Å². The second kappa shape index (κ2) is 5.63. The molecule has 1 heteroatoms. The van der Waals surface area contributed by atoms with Gasteiger partial charge in [-0.1, -0.05) is 55.3 Å². The number of allylic oxidation sites excluding steroid dienone is 1. The quantitative estimate of drug-likeness (QED) is 0.583. The van der Waals surface area contributed by atoms with Crippen LogP contribution in [0.2, 0.25) is 0 Å². The van der Waals surface area contributed by atoms with Crippen LogP contribution in [-0.4, -0.2) is 12.7 Å². The first-order valence-electron chi connectivity index (χ1n) is 6.92. The molecule has 0 spiro atoms. The van der Waals surface area contributed by atoms with Crippen molar-refractivity contribution in [3.63, 3.8) is 0 Å². The molecule has 2 rings (SSSR count). The summed E-state index contributed by atoms with van der Waals surface area (Å²) in [6.45, 7) is 4.10. The Labute approximate surface area is 116 Å². The van der Waals surface area contributed by atoms with Crippen LogP contribution in [0.15, 0.2) is 42.5 Å². The molecule has 0 heterocycles. The highest BCUT2D eigenvalue weighted by atomic mass is 16.5. The first-order valence-corrected chi connectivity index (χ1v) is 6.92. The maximum atomic E-state index is 5.83. The van der Waals surface area contributed by atoms with Crippen LogP contribution in [0.3, 0.4) is 0 Å². The number of hydrogen-bond acceptors (Lipinski definition) is 1. The van der Waals surface area contributed by atoms with Crippen molar-refractivity contribution in [1.29, 1.82) is 0 Å². The molecule has 2 unspecified atom stereocenters. The van der Waals surface area contributed by atoms with Gasteiger partial charge in [-0.25, -0.2) is 0 Å². The van der Waals surface area contributed by atoms with Crippen molar-refractivity contribution in [3.05, 3.63) is 48.0 Å². The van der Waals surface area contributed by atoms with Crippen LogP contribution in [0.5, 0.6) is 0 Å². The molecule has 1 aliphatic carbocycles. The minimum atomic E-state index is -0.208. The van der Waals surface area contributed by atoms with Gasteiger partial charge in [-0.3, -0.25) is 0 Å². The lowest BCUT2D eigenvalue weighted by molar-refractivity contribution is -0.0299. The van der Waals surface area contributed by atoms with E-state index in [2.05, 4.69) is 55.2 Å². The van der Waals surface area contributed by atoms with Crippen molar-refractivity contribution in [1.82, 2.24) is 0 Å². The Hall–Kier alpha value is -1.52. The van der Waals surface area contributed by atoms with Crippen LogP contribution < -0.4 is 0 Å². The fourth-order valence-corrected chi connectivity index (χ4v) is 3.00. The molecule has 1 aromatic carbocycles. The first kappa shape index (κ1) is 13.9. The SMILES string of the molecule is CC#CC1(c2ccccc2)C=CCC(CC)(OC)C1. The second-order valence-corrected chi connectivity index (χ2v) is 5.24. The van der Waals surface area contributed by atoms with E-state index in [1.807, 2.05) is 20.1 Å². The first-order chi connectivity index (χ1) is 9.20. The zero-order valence-electron chi connectivity index (χ0n) is 12.1. The molecular weight excluding hydrogens is 232 g/mol. The summed E-state index contributed by atoms with van der Waals surface area (Å²) in [6, 6.07) is 10.5. The van der Waals surface area contributed by atoms with Crippen LogP contribution >= 0.6 is 0 Å². The fourth-order valence-electron chi connectivity index (χ4n) is 3.00. The molecule has 1 aromatic rings. The zero-order valence-corrected chi connectivity index (χ0v) is 12.1. The summed E-state index contributed by atoms with van der Waals surface area (Å²) < 4.78 is 5.83.